The summed E-state index contributed by atoms with van der Waals surface area (Å²) < 4.78 is 0. The summed E-state index contributed by atoms with van der Waals surface area (Å²) in [5.74, 6) is 0. The van der Waals surface area contributed by atoms with Gasteiger partial charge in [-0.1, -0.05) is 260 Å². The largest absolute Gasteiger partial charge is 0.398 e. The topological polar surface area (TPSA) is 26.0 Å². The Bertz CT molecular complexity index is 3500. The van der Waals surface area contributed by atoms with Crippen LogP contribution in [0.4, 0.5) is 0 Å². The number of allylic oxidation sites excluding steroid dienone is 5. The van der Waals surface area contributed by atoms with Gasteiger partial charge >= 0.3 is 0 Å². The molecule has 2 N–H and O–H groups in total. The average Bonchev–Trinajstić information content (AvgIpc) is 4.00. The van der Waals surface area contributed by atoms with Gasteiger partial charge in [0.05, 0.1) is 0 Å². The fourth-order valence-electron chi connectivity index (χ4n) is 10.7. The van der Waals surface area contributed by atoms with Gasteiger partial charge in [-0.05, 0) is 144 Å². The molecule has 0 saturated heterocycles. The van der Waals surface area contributed by atoms with E-state index in [9.17, 15) is 0 Å². The zero-order valence-corrected chi connectivity index (χ0v) is 39.9. The molecule has 0 unspecified atom stereocenters. The van der Waals surface area contributed by atoms with Gasteiger partial charge in [0.25, 0.3) is 0 Å². The third-order valence-electron chi connectivity index (χ3n) is 13.9. The molecule has 0 spiro atoms. The second-order valence-electron chi connectivity index (χ2n) is 18.3. The van der Waals surface area contributed by atoms with Gasteiger partial charge in [-0.25, -0.2) is 0 Å². The van der Waals surface area contributed by atoms with E-state index in [2.05, 4.69) is 273 Å². The second-order valence-corrected chi connectivity index (χ2v) is 18.3. The van der Waals surface area contributed by atoms with Crippen molar-refractivity contribution in [1.29, 1.82) is 0 Å². The Morgan fingerprint density at radius 2 is 0.592 bits per heavy atom. The lowest BCUT2D eigenvalue weighted by Gasteiger charge is -2.25. The van der Waals surface area contributed by atoms with Crippen LogP contribution < -0.4 is 5.73 Å². The molecule has 1 fully saturated rings. The fourth-order valence-corrected chi connectivity index (χ4v) is 10.7. The monoisotopic (exact) mass is 909 g/mol. The minimum absolute atomic E-state index is 0.697. The molecular weight excluding hydrogens is 855 g/mol. The van der Waals surface area contributed by atoms with Crippen molar-refractivity contribution in [1.82, 2.24) is 0 Å². The van der Waals surface area contributed by atoms with Crippen LogP contribution >= 0.6 is 0 Å². The summed E-state index contributed by atoms with van der Waals surface area (Å²) in [4.78, 5) is 0. The Kier molecular flexibility index (Phi) is 13.1. The first-order valence-electron chi connectivity index (χ1n) is 24.9. The van der Waals surface area contributed by atoms with Crippen LogP contribution in [0.2, 0.25) is 0 Å². The third kappa shape index (κ3) is 9.27. The predicted octanol–water partition coefficient (Wildman–Crippen LogP) is 18.9. The Balaban J connectivity index is 1.18. The van der Waals surface area contributed by atoms with Crippen molar-refractivity contribution in [3.8, 4) is 89.0 Å². The van der Waals surface area contributed by atoms with Crippen molar-refractivity contribution < 1.29 is 0 Å². The van der Waals surface area contributed by atoms with Crippen LogP contribution in [0.15, 0.2) is 279 Å². The van der Waals surface area contributed by atoms with E-state index < -0.39 is 0 Å². The molecule has 10 aromatic rings. The number of rotatable bonds is 12. The van der Waals surface area contributed by atoms with E-state index in [1.54, 1.807) is 0 Å². The second kappa shape index (κ2) is 20.8. The fraction of sp³-hybridized carbons (Fsp3) is 0.0571. The highest BCUT2D eigenvalue weighted by Crippen LogP contribution is 2.52. The van der Waals surface area contributed by atoms with Crippen molar-refractivity contribution >= 4 is 11.3 Å². The van der Waals surface area contributed by atoms with Gasteiger partial charge < -0.3 is 5.73 Å². The van der Waals surface area contributed by atoms with E-state index in [4.69, 9.17) is 5.73 Å². The van der Waals surface area contributed by atoms with Crippen LogP contribution in [0.3, 0.4) is 0 Å². The van der Waals surface area contributed by atoms with Gasteiger partial charge in [0.15, 0.2) is 0 Å². The normalized spacial score (nSPS) is 12.6. The molecule has 10 aromatic carbocycles. The molecule has 71 heavy (non-hydrogen) atoms. The molecule has 1 heteroatoms. The summed E-state index contributed by atoms with van der Waals surface area (Å²) in [7, 11) is 0. The molecule has 1 saturated carbocycles. The molecule has 0 aromatic heterocycles. The standard InChI is InChI=1S/C70H55N/c71-64(63-49-61(52-30-11-2-12-31-52)66(54-36-15-4-16-37-54)70(58-44-23-8-24-45-58)68(63)56-40-19-6-20-41-56)47-27-46-59(50-32-25-26-33-50)62-48-60(51-28-9-1-10-29-51)65(53-34-13-3-14-35-53)69(57-42-21-7-22-43-57)67(62)55-38-17-5-18-39-55/h1-24,27-31,34-49H,25-26,32-33,71H2/b46-27-,64-47-. The van der Waals surface area contributed by atoms with Crippen molar-refractivity contribution in [2.45, 2.75) is 25.7 Å². The molecule has 1 aliphatic rings. The molecule has 0 radical (unpaired) electrons. The lowest BCUT2D eigenvalue weighted by atomic mass is 9.78. The van der Waals surface area contributed by atoms with E-state index >= 15 is 0 Å². The molecule has 0 heterocycles. The van der Waals surface area contributed by atoms with Crippen molar-refractivity contribution in [2.75, 3.05) is 0 Å². The highest BCUT2D eigenvalue weighted by atomic mass is 14.6. The summed E-state index contributed by atoms with van der Waals surface area (Å²) in [6, 6.07) is 91.9. The molecule has 1 nitrogen and oxygen atoms in total. The summed E-state index contributed by atoms with van der Waals surface area (Å²) in [6.45, 7) is 0. The Labute approximate surface area is 419 Å². The van der Waals surface area contributed by atoms with Crippen LogP contribution in [0.25, 0.3) is 100 Å². The molecule has 11 rings (SSSR count). The maximum absolute atomic E-state index is 7.59. The van der Waals surface area contributed by atoms with Gasteiger partial charge in [0, 0.05) is 11.3 Å². The molecule has 0 bridgehead atoms. The van der Waals surface area contributed by atoms with Gasteiger partial charge in [0.2, 0.25) is 0 Å². The first kappa shape index (κ1) is 44.7. The van der Waals surface area contributed by atoms with Gasteiger partial charge in [0.1, 0.15) is 0 Å². The van der Waals surface area contributed by atoms with Crippen molar-refractivity contribution in [3.05, 3.63) is 290 Å². The number of nitrogens with two attached hydrogens (primary N) is 1. The maximum atomic E-state index is 7.59. The number of hydrogen-bond donors (Lipinski definition) is 1. The summed E-state index contributed by atoms with van der Waals surface area (Å²) in [6.07, 6.45) is 11.2. The van der Waals surface area contributed by atoms with E-state index in [1.807, 2.05) is 0 Å². The first-order chi connectivity index (χ1) is 35.2. The molecule has 0 amide bonds. The van der Waals surface area contributed by atoms with E-state index in [-0.39, 0.29) is 0 Å². The molecule has 0 atom stereocenters. The highest BCUT2D eigenvalue weighted by Gasteiger charge is 2.27. The summed E-state index contributed by atoms with van der Waals surface area (Å²) in [5.41, 5.74) is 32.0. The van der Waals surface area contributed by atoms with E-state index in [0.717, 1.165) is 57.3 Å². The Hall–Kier alpha value is -8.78. The maximum Gasteiger partial charge on any atom is 0.0394 e. The van der Waals surface area contributed by atoms with Gasteiger partial charge in [-0.3, -0.25) is 0 Å². The summed E-state index contributed by atoms with van der Waals surface area (Å²) in [5, 5.41) is 0. The van der Waals surface area contributed by atoms with E-state index in [0.29, 0.717) is 5.70 Å². The zero-order chi connectivity index (χ0) is 47.8. The van der Waals surface area contributed by atoms with Crippen LogP contribution in [0.1, 0.15) is 36.8 Å². The minimum atomic E-state index is 0.697. The predicted molar refractivity (Wildman–Crippen MR) is 303 cm³/mol. The zero-order valence-electron chi connectivity index (χ0n) is 39.9. The van der Waals surface area contributed by atoms with Crippen molar-refractivity contribution in [2.24, 2.45) is 5.73 Å². The van der Waals surface area contributed by atoms with Crippen LogP contribution in [0.5, 0.6) is 0 Å². The number of hydrogen-bond acceptors (Lipinski definition) is 1. The first-order valence-corrected chi connectivity index (χ1v) is 24.9. The Morgan fingerprint density at radius 3 is 0.944 bits per heavy atom. The minimum Gasteiger partial charge on any atom is -0.398 e. The number of benzene rings is 10. The van der Waals surface area contributed by atoms with Crippen LogP contribution in [-0.4, -0.2) is 0 Å². The lowest BCUT2D eigenvalue weighted by Crippen LogP contribution is -2.04. The molecule has 0 aliphatic heterocycles. The average molecular weight is 910 g/mol. The van der Waals surface area contributed by atoms with Gasteiger partial charge in [-0.2, -0.15) is 0 Å². The van der Waals surface area contributed by atoms with Crippen LogP contribution in [0, 0.1) is 0 Å². The van der Waals surface area contributed by atoms with Gasteiger partial charge in [-0.15, -0.1) is 0 Å². The molecule has 1 aliphatic carbocycles. The van der Waals surface area contributed by atoms with Crippen LogP contribution in [-0.2, 0) is 0 Å². The van der Waals surface area contributed by atoms with Crippen molar-refractivity contribution in [3.63, 3.8) is 0 Å². The highest BCUT2D eigenvalue weighted by molar-refractivity contribution is 6.08. The SMILES string of the molecule is N/C(=C\C=C/C(=C1CCCC1)c1cc(-c2ccccc2)c(-c2ccccc2)c(-c2ccccc2)c1-c1ccccc1)c1cc(-c2ccccc2)c(-c2ccccc2)c(-c2ccccc2)c1-c1ccccc1. The Morgan fingerprint density at radius 1 is 0.310 bits per heavy atom. The third-order valence-corrected chi connectivity index (χ3v) is 13.9. The smallest absolute Gasteiger partial charge is 0.0394 e. The molecule has 340 valence electrons. The van der Waals surface area contributed by atoms with E-state index in [1.165, 1.54) is 79.6 Å². The quantitative estimate of drug-likeness (QED) is 0.121. The molecular formula is C70H55N. The summed E-state index contributed by atoms with van der Waals surface area (Å²) >= 11 is 0. The lowest BCUT2D eigenvalue weighted by molar-refractivity contribution is 0.886.